The van der Waals surface area contributed by atoms with Crippen LogP contribution in [0.3, 0.4) is 0 Å². The van der Waals surface area contributed by atoms with Crippen LogP contribution in [0.2, 0.25) is 0 Å². The van der Waals surface area contributed by atoms with Crippen molar-refractivity contribution in [1.82, 2.24) is 4.90 Å². The van der Waals surface area contributed by atoms with Crippen molar-refractivity contribution in [2.45, 2.75) is 39.2 Å². The normalized spacial score (nSPS) is 19.8. The summed E-state index contributed by atoms with van der Waals surface area (Å²) in [4.78, 5) is 13.9. The summed E-state index contributed by atoms with van der Waals surface area (Å²) in [6.45, 7) is 6.56. The minimum absolute atomic E-state index is 0.167. The zero-order chi connectivity index (χ0) is 12.0. The standard InChI is InChI=1S/C12H22BrNO2/c1-3-10(2)12(15)14-7-4-11(5-8-14)16-9-6-13/h10-11H,3-9H2,1-2H3. The maximum atomic E-state index is 11.9. The van der Waals surface area contributed by atoms with Gasteiger partial charge in [0.1, 0.15) is 0 Å². The minimum atomic E-state index is 0.167. The highest BCUT2D eigenvalue weighted by Crippen LogP contribution is 2.17. The average Bonchev–Trinajstić information content (AvgIpc) is 2.35. The van der Waals surface area contributed by atoms with Crippen molar-refractivity contribution in [2.24, 2.45) is 5.92 Å². The molecule has 4 heteroatoms. The lowest BCUT2D eigenvalue weighted by atomic mass is 10.0. The molecule has 94 valence electrons. The van der Waals surface area contributed by atoms with Crippen molar-refractivity contribution in [1.29, 1.82) is 0 Å². The van der Waals surface area contributed by atoms with Crippen LogP contribution in [-0.2, 0) is 9.53 Å². The fraction of sp³-hybridized carbons (Fsp3) is 0.917. The van der Waals surface area contributed by atoms with E-state index in [4.69, 9.17) is 4.74 Å². The summed E-state index contributed by atoms with van der Waals surface area (Å²) >= 11 is 3.35. The minimum Gasteiger partial charge on any atom is -0.377 e. The molecule has 1 aliphatic heterocycles. The molecule has 1 aliphatic rings. The zero-order valence-corrected chi connectivity index (χ0v) is 11.8. The molecule has 0 saturated carbocycles. The molecule has 16 heavy (non-hydrogen) atoms. The van der Waals surface area contributed by atoms with E-state index in [1.165, 1.54) is 0 Å². The highest BCUT2D eigenvalue weighted by Gasteiger charge is 2.25. The number of hydrogen-bond acceptors (Lipinski definition) is 2. The van der Waals surface area contributed by atoms with E-state index in [-0.39, 0.29) is 5.92 Å². The highest BCUT2D eigenvalue weighted by molar-refractivity contribution is 9.09. The van der Waals surface area contributed by atoms with Gasteiger partial charge in [0.15, 0.2) is 0 Å². The number of hydrogen-bond donors (Lipinski definition) is 0. The summed E-state index contributed by atoms with van der Waals surface area (Å²) in [5, 5.41) is 0.888. The molecule has 1 rings (SSSR count). The molecule has 3 nitrogen and oxygen atoms in total. The molecule has 0 aromatic rings. The number of carbonyl (C=O) groups excluding carboxylic acids is 1. The third-order valence-corrected chi connectivity index (χ3v) is 3.54. The Balaban J connectivity index is 2.28. The second kappa shape index (κ2) is 7.28. The summed E-state index contributed by atoms with van der Waals surface area (Å²) in [5.41, 5.74) is 0. The number of piperidine rings is 1. The van der Waals surface area contributed by atoms with Gasteiger partial charge in [0.05, 0.1) is 12.7 Å². The first-order chi connectivity index (χ1) is 7.69. The Kier molecular flexibility index (Phi) is 6.36. The summed E-state index contributed by atoms with van der Waals surface area (Å²) in [5.74, 6) is 0.474. The highest BCUT2D eigenvalue weighted by atomic mass is 79.9. The van der Waals surface area contributed by atoms with Gasteiger partial charge in [0.25, 0.3) is 0 Å². The number of carbonyl (C=O) groups is 1. The molecule has 1 fully saturated rings. The second-order valence-electron chi connectivity index (χ2n) is 4.39. The molecular formula is C12H22BrNO2. The van der Waals surface area contributed by atoms with Gasteiger partial charge >= 0.3 is 0 Å². The number of likely N-dealkylation sites (tertiary alicyclic amines) is 1. The molecule has 0 radical (unpaired) electrons. The fourth-order valence-electron chi connectivity index (χ4n) is 1.94. The van der Waals surface area contributed by atoms with Gasteiger partial charge in [-0.1, -0.05) is 29.8 Å². The van der Waals surface area contributed by atoms with Crippen LogP contribution in [0.15, 0.2) is 0 Å². The zero-order valence-electron chi connectivity index (χ0n) is 10.2. The van der Waals surface area contributed by atoms with E-state index in [0.29, 0.717) is 12.0 Å². The van der Waals surface area contributed by atoms with Gasteiger partial charge in [-0.3, -0.25) is 4.79 Å². The Hall–Kier alpha value is -0.0900. The molecule has 1 atom stereocenters. The van der Waals surface area contributed by atoms with Gasteiger partial charge in [-0.2, -0.15) is 0 Å². The van der Waals surface area contributed by atoms with Crippen LogP contribution >= 0.6 is 15.9 Å². The summed E-state index contributed by atoms with van der Waals surface area (Å²) in [6, 6.07) is 0. The van der Waals surface area contributed by atoms with Crippen LogP contribution in [0.5, 0.6) is 0 Å². The van der Waals surface area contributed by atoms with Crippen LogP contribution in [0.1, 0.15) is 33.1 Å². The number of ether oxygens (including phenoxy) is 1. The third kappa shape index (κ3) is 4.06. The lowest BCUT2D eigenvalue weighted by Gasteiger charge is -2.33. The molecule has 1 saturated heterocycles. The quantitative estimate of drug-likeness (QED) is 0.728. The first-order valence-corrected chi connectivity index (χ1v) is 7.27. The topological polar surface area (TPSA) is 29.5 Å². The van der Waals surface area contributed by atoms with Gasteiger partial charge in [-0.25, -0.2) is 0 Å². The van der Waals surface area contributed by atoms with Gasteiger partial charge in [0.2, 0.25) is 5.91 Å². The van der Waals surface area contributed by atoms with E-state index in [1.807, 2.05) is 11.8 Å². The Morgan fingerprint density at radius 2 is 2.12 bits per heavy atom. The molecule has 0 aromatic carbocycles. The van der Waals surface area contributed by atoms with Crippen molar-refractivity contribution in [3.05, 3.63) is 0 Å². The Bertz CT molecular complexity index is 215. The molecule has 0 aromatic heterocycles. The molecular weight excluding hydrogens is 270 g/mol. The molecule has 0 N–H and O–H groups in total. The molecule has 1 heterocycles. The Labute approximate surface area is 107 Å². The van der Waals surface area contributed by atoms with E-state index in [2.05, 4.69) is 22.9 Å². The van der Waals surface area contributed by atoms with Crippen LogP contribution in [0.4, 0.5) is 0 Å². The smallest absolute Gasteiger partial charge is 0.225 e. The van der Waals surface area contributed by atoms with E-state index in [1.54, 1.807) is 0 Å². The maximum Gasteiger partial charge on any atom is 0.225 e. The molecule has 0 spiro atoms. The van der Waals surface area contributed by atoms with Crippen molar-refractivity contribution in [3.8, 4) is 0 Å². The van der Waals surface area contributed by atoms with E-state index >= 15 is 0 Å². The van der Waals surface area contributed by atoms with Crippen molar-refractivity contribution < 1.29 is 9.53 Å². The Morgan fingerprint density at radius 1 is 1.50 bits per heavy atom. The number of halogens is 1. The van der Waals surface area contributed by atoms with Crippen LogP contribution < -0.4 is 0 Å². The summed E-state index contributed by atoms with van der Waals surface area (Å²) in [6.07, 6.45) is 3.24. The van der Waals surface area contributed by atoms with E-state index in [9.17, 15) is 4.79 Å². The number of amides is 1. The van der Waals surface area contributed by atoms with Gasteiger partial charge < -0.3 is 9.64 Å². The number of alkyl halides is 1. The first kappa shape index (κ1) is 14.0. The summed E-state index contributed by atoms with van der Waals surface area (Å²) in [7, 11) is 0. The lowest BCUT2D eigenvalue weighted by Crippen LogP contribution is -2.43. The van der Waals surface area contributed by atoms with Crippen LogP contribution in [-0.4, -0.2) is 41.9 Å². The first-order valence-electron chi connectivity index (χ1n) is 6.15. The van der Waals surface area contributed by atoms with Crippen LogP contribution in [0.25, 0.3) is 0 Å². The monoisotopic (exact) mass is 291 g/mol. The predicted octanol–water partition coefficient (Wildman–Crippen LogP) is 2.44. The van der Waals surface area contributed by atoms with Crippen molar-refractivity contribution >= 4 is 21.8 Å². The van der Waals surface area contributed by atoms with E-state index < -0.39 is 0 Å². The molecule has 1 unspecified atom stereocenters. The Morgan fingerprint density at radius 3 is 2.62 bits per heavy atom. The predicted molar refractivity (Wildman–Crippen MR) is 68.8 cm³/mol. The third-order valence-electron chi connectivity index (χ3n) is 3.22. The molecule has 1 amide bonds. The number of rotatable bonds is 5. The van der Waals surface area contributed by atoms with Crippen molar-refractivity contribution in [3.63, 3.8) is 0 Å². The summed E-state index contributed by atoms with van der Waals surface area (Å²) < 4.78 is 5.66. The van der Waals surface area contributed by atoms with Gasteiger partial charge in [0, 0.05) is 24.3 Å². The number of nitrogens with zero attached hydrogens (tertiary/aromatic N) is 1. The molecule has 0 bridgehead atoms. The fourth-order valence-corrected chi connectivity index (χ4v) is 2.13. The second-order valence-corrected chi connectivity index (χ2v) is 5.19. The largest absolute Gasteiger partial charge is 0.377 e. The maximum absolute atomic E-state index is 11.9. The van der Waals surface area contributed by atoms with Gasteiger partial charge in [-0.05, 0) is 19.3 Å². The molecule has 0 aliphatic carbocycles. The lowest BCUT2D eigenvalue weighted by molar-refractivity contribution is -0.137. The van der Waals surface area contributed by atoms with Crippen LogP contribution in [0, 0.1) is 5.92 Å². The SMILES string of the molecule is CCC(C)C(=O)N1CCC(OCCBr)CC1. The average molecular weight is 292 g/mol. The van der Waals surface area contributed by atoms with Crippen molar-refractivity contribution in [2.75, 3.05) is 25.0 Å². The van der Waals surface area contributed by atoms with E-state index in [0.717, 1.165) is 44.3 Å². The van der Waals surface area contributed by atoms with Gasteiger partial charge in [-0.15, -0.1) is 0 Å².